The molecule has 0 fully saturated rings. The number of rotatable bonds is 8. The zero-order valence-corrected chi connectivity index (χ0v) is 10.5. The Labute approximate surface area is 98.3 Å². The molecule has 0 atom stereocenters. The second kappa shape index (κ2) is 6.83. The molecule has 0 unspecified atom stereocenters. The van der Waals surface area contributed by atoms with E-state index >= 15 is 0 Å². The molecular weight excluding hydrogens is 257 g/mol. The molecule has 0 aliphatic carbocycles. The lowest BCUT2D eigenvalue weighted by Crippen LogP contribution is -2.32. The minimum atomic E-state index is -4.86. The number of hydrogen-bond donors (Lipinski definition) is 0. The fraction of sp³-hybridized carbons (Fsp3) is 0.667. The summed E-state index contributed by atoms with van der Waals surface area (Å²) in [6, 6.07) is 0. The van der Waals surface area contributed by atoms with Crippen molar-refractivity contribution in [1.82, 2.24) is 0 Å². The Morgan fingerprint density at radius 1 is 1.35 bits per heavy atom. The normalized spacial score (nSPS) is 12.2. The monoisotopic (exact) mass is 272 g/mol. The van der Waals surface area contributed by atoms with Crippen molar-refractivity contribution in [3.05, 3.63) is 12.7 Å². The van der Waals surface area contributed by atoms with E-state index in [1.807, 2.05) is 0 Å². The second-order valence-electron chi connectivity index (χ2n) is 2.76. The van der Waals surface area contributed by atoms with Gasteiger partial charge >= 0.3 is 19.2 Å². The first-order chi connectivity index (χ1) is 7.85. The molecule has 0 amide bonds. The van der Waals surface area contributed by atoms with Gasteiger partial charge in [0.2, 0.25) is 0 Å². The van der Waals surface area contributed by atoms with Gasteiger partial charge in [-0.2, -0.15) is 8.78 Å². The molecule has 100 valence electrons. The van der Waals surface area contributed by atoms with Crippen molar-refractivity contribution in [2.24, 2.45) is 0 Å². The van der Waals surface area contributed by atoms with Gasteiger partial charge in [0.15, 0.2) is 0 Å². The highest BCUT2D eigenvalue weighted by Crippen LogP contribution is 2.62. The number of carbonyl (C=O) groups excluding carboxylic acids is 1. The largest absolute Gasteiger partial charge is 0.457 e. The van der Waals surface area contributed by atoms with Crippen LogP contribution in [0.5, 0.6) is 0 Å². The Morgan fingerprint density at radius 2 is 1.82 bits per heavy atom. The predicted octanol–water partition coefficient (Wildman–Crippen LogP) is 2.57. The van der Waals surface area contributed by atoms with E-state index in [2.05, 4.69) is 20.4 Å². The Kier molecular flexibility index (Phi) is 6.52. The van der Waals surface area contributed by atoms with Crippen molar-refractivity contribution in [2.75, 3.05) is 19.8 Å². The highest BCUT2D eigenvalue weighted by Gasteiger charge is 2.61. The quantitative estimate of drug-likeness (QED) is 0.386. The van der Waals surface area contributed by atoms with Gasteiger partial charge in [-0.3, -0.25) is 4.57 Å². The topological polar surface area (TPSA) is 61.8 Å². The number of halogens is 2. The number of carbonyl (C=O) groups is 1. The van der Waals surface area contributed by atoms with Gasteiger partial charge in [0.25, 0.3) is 0 Å². The molecule has 0 heterocycles. The van der Waals surface area contributed by atoms with Gasteiger partial charge < -0.3 is 13.8 Å². The fourth-order valence-electron chi connectivity index (χ4n) is 0.873. The first kappa shape index (κ1) is 16.2. The van der Waals surface area contributed by atoms with Gasteiger partial charge in [-0.1, -0.05) is 12.7 Å². The zero-order chi connectivity index (χ0) is 13.5. The predicted molar refractivity (Wildman–Crippen MR) is 57.0 cm³/mol. The maximum atomic E-state index is 13.5. The summed E-state index contributed by atoms with van der Waals surface area (Å²) in [5.41, 5.74) is -4.33. The summed E-state index contributed by atoms with van der Waals surface area (Å²) in [6.07, 6.45) is 1.11. The highest BCUT2D eigenvalue weighted by atomic mass is 31.2. The Morgan fingerprint density at radius 3 is 2.18 bits per heavy atom. The lowest BCUT2D eigenvalue weighted by atomic mass is 10.6. The Hall–Kier alpha value is -0.780. The average Bonchev–Trinajstić information content (AvgIpc) is 2.26. The first-order valence-electron chi connectivity index (χ1n) is 4.90. The van der Waals surface area contributed by atoms with E-state index in [0.29, 0.717) is 0 Å². The van der Waals surface area contributed by atoms with Gasteiger partial charge in [-0.05, 0) is 13.8 Å². The molecule has 17 heavy (non-hydrogen) atoms. The molecule has 0 saturated carbocycles. The standard InChI is InChI=1S/C9H15F2O5P/c1-4-7-14-8(12)9(10,11)17(13,15-5-2)16-6-3/h4H,1,5-7H2,2-3H3. The molecule has 0 bridgehead atoms. The first-order valence-corrected chi connectivity index (χ1v) is 6.45. The van der Waals surface area contributed by atoms with Crippen LogP contribution in [0.15, 0.2) is 12.7 Å². The van der Waals surface area contributed by atoms with Crippen molar-refractivity contribution in [2.45, 2.75) is 19.5 Å². The minimum Gasteiger partial charge on any atom is -0.457 e. The average molecular weight is 272 g/mol. The van der Waals surface area contributed by atoms with Crippen LogP contribution in [-0.4, -0.2) is 31.5 Å². The highest BCUT2D eigenvalue weighted by molar-refractivity contribution is 7.56. The zero-order valence-electron chi connectivity index (χ0n) is 9.65. The van der Waals surface area contributed by atoms with E-state index in [-0.39, 0.29) is 13.2 Å². The molecule has 0 saturated heterocycles. The summed E-state index contributed by atoms with van der Waals surface area (Å²) in [4.78, 5) is 11.1. The lowest BCUT2D eigenvalue weighted by Gasteiger charge is -2.23. The molecule has 0 aromatic rings. The molecule has 0 aromatic heterocycles. The van der Waals surface area contributed by atoms with Crippen LogP contribution in [0.4, 0.5) is 8.78 Å². The third-order valence-electron chi connectivity index (χ3n) is 1.52. The van der Waals surface area contributed by atoms with E-state index in [4.69, 9.17) is 0 Å². The van der Waals surface area contributed by atoms with Crippen LogP contribution in [0.3, 0.4) is 0 Å². The summed E-state index contributed by atoms with van der Waals surface area (Å²) in [5.74, 6) is -1.96. The summed E-state index contributed by atoms with van der Waals surface area (Å²) in [7, 11) is -4.86. The molecule has 0 N–H and O–H groups in total. The number of alkyl halides is 2. The molecule has 0 rings (SSSR count). The van der Waals surface area contributed by atoms with Crippen molar-refractivity contribution in [1.29, 1.82) is 0 Å². The molecule has 0 aliphatic rings. The second-order valence-corrected chi connectivity index (χ2v) is 4.83. The molecular formula is C9H15F2O5P. The number of ether oxygens (including phenoxy) is 1. The minimum absolute atomic E-state index is 0.276. The molecule has 0 radical (unpaired) electrons. The van der Waals surface area contributed by atoms with Crippen molar-refractivity contribution < 1.29 is 31.9 Å². The van der Waals surface area contributed by atoms with E-state index in [1.165, 1.54) is 13.8 Å². The fourth-order valence-corrected chi connectivity index (χ4v) is 2.24. The van der Waals surface area contributed by atoms with Crippen LogP contribution in [-0.2, 0) is 23.1 Å². The smallest absolute Gasteiger partial charge is 0.440 e. The van der Waals surface area contributed by atoms with Gasteiger partial charge in [-0.25, -0.2) is 4.79 Å². The SMILES string of the molecule is C=CCOC(=O)C(F)(F)P(=O)(OCC)OCC. The Bertz CT molecular complexity index is 309. The Balaban J connectivity index is 4.99. The maximum Gasteiger partial charge on any atom is 0.440 e. The van der Waals surface area contributed by atoms with Gasteiger partial charge in [0, 0.05) is 0 Å². The van der Waals surface area contributed by atoms with Crippen LogP contribution in [0.2, 0.25) is 0 Å². The molecule has 5 nitrogen and oxygen atoms in total. The molecule has 8 heteroatoms. The summed E-state index contributed by atoms with van der Waals surface area (Å²) < 4.78 is 51.7. The van der Waals surface area contributed by atoms with Gasteiger partial charge in [-0.15, -0.1) is 0 Å². The number of esters is 1. The van der Waals surface area contributed by atoms with E-state index < -0.39 is 25.8 Å². The van der Waals surface area contributed by atoms with Crippen LogP contribution in [0.25, 0.3) is 0 Å². The van der Waals surface area contributed by atoms with E-state index in [1.54, 1.807) is 0 Å². The van der Waals surface area contributed by atoms with Crippen molar-refractivity contribution >= 4 is 13.6 Å². The van der Waals surface area contributed by atoms with E-state index in [0.717, 1.165) is 6.08 Å². The van der Waals surface area contributed by atoms with Crippen LogP contribution in [0, 0.1) is 0 Å². The van der Waals surface area contributed by atoms with Crippen molar-refractivity contribution in [3.63, 3.8) is 0 Å². The van der Waals surface area contributed by atoms with Crippen molar-refractivity contribution in [3.8, 4) is 0 Å². The van der Waals surface area contributed by atoms with Gasteiger partial charge in [0.1, 0.15) is 6.61 Å². The van der Waals surface area contributed by atoms with Crippen LogP contribution >= 0.6 is 7.60 Å². The van der Waals surface area contributed by atoms with Gasteiger partial charge in [0.05, 0.1) is 13.2 Å². The maximum absolute atomic E-state index is 13.5. The summed E-state index contributed by atoms with van der Waals surface area (Å²) in [6.45, 7) is 4.95. The summed E-state index contributed by atoms with van der Waals surface area (Å²) in [5, 5.41) is 0. The van der Waals surface area contributed by atoms with Crippen LogP contribution in [0.1, 0.15) is 13.8 Å². The lowest BCUT2D eigenvalue weighted by molar-refractivity contribution is -0.162. The summed E-state index contributed by atoms with van der Waals surface area (Å²) >= 11 is 0. The van der Waals surface area contributed by atoms with E-state index in [9.17, 15) is 18.1 Å². The molecule has 0 aromatic carbocycles. The van der Waals surface area contributed by atoms with Crippen LogP contribution < -0.4 is 0 Å². The third kappa shape index (κ3) is 3.87. The number of hydrogen-bond acceptors (Lipinski definition) is 5. The molecule has 0 aliphatic heterocycles. The molecule has 0 spiro atoms. The third-order valence-corrected chi connectivity index (χ3v) is 3.59.